The highest BCUT2D eigenvalue weighted by Crippen LogP contribution is 2.21. The first kappa shape index (κ1) is 13.6. The van der Waals surface area contributed by atoms with Gasteiger partial charge >= 0.3 is 0 Å². The van der Waals surface area contributed by atoms with Crippen LogP contribution in [0.15, 0.2) is 12.1 Å². The summed E-state index contributed by atoms with van der Waals surface area (Å²) < 4.78 is 0. The maximum atomic E-state index is 12.2. The third kappa shape index (κ3) is 3.12. The molecule has 4 heteroatoms. The number of carbonyl (C=O) groups excluding carboxylic acids is 1. The number of amides is 1. The van der Waals surface area contributed by atoms with Gasteiger partial charge in [0, 0.05) is 22.3 Å². The molecule has 1 aliphatic heterocycles. The minimum atomic E-state index is 0.0237. The van der Waals surface area contributed by atoms with Gasteiger partial charge in [-0.3, -0.25) is 4.79 Å². The van der Waals surface area contributed by atoms with E-state index in [1.807, 2.05) is 16.2 Å². The van der Waals surface area contributed by atoms with Crippen molar-refractivity contribution in [1.29, 1.82) is 0 Å². The van der Waals surface area contributed by atoms with Gasteiger partial charge in [0.2, 0.25) is 5.91 Å². The summed E-state index contributed by atoms with van der Waals surface area (Å²) in [5.74, 6) is 0.259. The number of hydrogen-bond acceptors (Lipinski definition) is 3. The number of carbonyl (C=O) groups is 1. The van der Waals surface area contributed by atoms with Crippen molar-refractivity contribution in [3.05, 3.63) is 21.9 Å². The molecule has 100 valence electrons. The van der Waals surface area contributed by atoms with Gasteiger partial charge in [-0.1, -0.05) is 20.8 Å². The first-order valence-corrected chi connectivity index (χ1v) is 7.54. The zero-order chi connectivity index (χ0) is 13.1. The summed E-state index contributed by atoms with van der Waals surface area (Å²) in [4.78, 5) is 16.9. The molecule has 3 nitrogen and oxygen atoms in total. The summed E-state index contributed by atoms with van der Waals surface area (Å²) in [6.07, 6.45) is 2.01. The van der Waals surface area contributed by atoms with Crippen molar-refractivity contribution in [2.24, 2.45) is 0 Å². The largest absolute Gasteiger partial charge is 0.336 e. The average molecular weight is 266 g/mol. The molecule has 18 heavy (non-hydrogen) atoms. The molecule has 1 saturated heterocycles. The van der Waals surface area contributed by atoms with Crippen LogP contribution < -0.4 is 5.32 Å². The number of thiophene rings is 1. The third-order valence-corrected chi connectivity index (χ3v) is 4.46. The standard InChI is InChI=1S/C14H22N2OS/c1-4-11-5-6-12(18-11)9-16-8-7-13(14(16)17)15-10(2)3/h5-6,10,13,15H,4,7-9H2,1-3H3. The Morgan fingerprint density at radius 3 is 2.78 bits per heavy atom. The molecule has 0 aliphatic carbocycles. The van der Waals surface area contributed by atoms with Gasteiger partial charge in [-0.25, -0.2) is 0 Å². The highest BCUT2D eigenvalue weighted by molar-refractivity contribution is 7.11. The predicted octanol–water partition coefficient (Wildman–Crippen LogP) is 2.41. The van der Waals surface area contributed by atoms with Gasteiger partial charge in [0.05, 0.1) is 12.6 Å². The predicted molar refractivity (Wildman–Crippen MR) is 75.8 cm³/mol. The second kappa shape index (κ2) is 5.85. The van der Waals surface area contributed by atoms with Crippen LogP contribution in [0.4, 0.5) is 0 Å². The Kier molecular flexibility index (Phi) is 4.40. The second-order valence-electron chi connectivity index (χ2n) is 5.14. The summed E-state index contributed by atoms with van der Waals surface area (Å²) >= 11 is 1.82. The van der Waals surface area contributed by atoms with Gasteiger partial charge in [0.15, 0.2) is 0 Å². The quantitative estimate of drug-likeness (QED) is 0.887. The lowest BCUT2D eigenvalue weighted by molar-refractivity contribution is -0.130. The van der Waals surface area contributed by atoms with Gasteiger partial charge in [-0.2, -0.15) is 0 Å². The van der Waals surface area contributed by atoms with E-state index in [4.69, 9.17) is 0 Å². The van der Waals surface area contributed by atoms with Crippen molar-refractivity contribution in [3.8, 4) is 0 Å². The fourth-order valence-electron chi connectivity index (χ4n) is 2.34. The third-order valence-electron chi connectivity index (χ3n) is 3.24. The number of hydrogen-bond donors (Lipinski definition) is 1. The minimum Gasteiger partial charge on any atom is -0.336 e. The van der Waals surface area contributed by atoms with E-state index in [0.29, 0.717) is 6.04 Å². The van der Waals surface area contributed by atoms with Crippen LogP contribution in [0.25, 0.3) is 0 Å². The van der Waals surface area contributed by atoms with E-state index in [9.17, 15) is 4.79 Å². The van der Waals surface area contributed by atoms with Gasteiger partial charge in [-0.15, -0.1) is 11.3 Å². The average Bonchev–Trinajstić information content (AvgIpc) is 2.90. The van der Waals surface area contributed by atoms with Gasteiger partial charge in [0.1, 0.15) is 0 Å². The van der Waals surface area contributed by atoms with Crippen molar-refractivity contribution in [2.75, 3.05) is 6.54 Å². The highest BCUT2D eigenvalue weighted by Gasteiger charge is 2.31. The Balaban J connectivity index is 1.93. The molecule has 2 heterocycles. The van der Waals surface area contributed by atoms with Crippen LogP contribution >= 0.6 is 11.3 Å². The fourth-order valence-corrected chi connectivity index (χ4v) is 3.31. The molecule has 1 unspecified atom stereocenters. The molecule has 0 spiro atoms. The topological polar surface area (TPSA) is 32.3 Å². The molecule has 2 rings (SSSR count). The molecule has 0 aromatic carbocycles. The first-order valence-electron chi connectivity index (χ1n) is 6.72. The molecule has 1 aromatic rings. The zero-order valence-electron chi connectivity index (χ0n) is 11.4. The monoisotopic (exact) mass is 266 g/mol. The normalized spacial score (nSPS) is 20.1. The molecule has 1 N–H and O–H groups in total. The molecule has 1 aliphatic rings. The molecule has 1 aromatic heterocycles. The zero-order valence-corrected chi connectivity index (χ0v) is 12.2. The van der Waals surface area contributed by atoms with Crippen LogP contribution in [0.2, 0.25) is 0 Å². The summed E-state index contributed by atoms with van der Waals surface area (Å²) in [6.45, 7) is 7.99. The Hall–Kier alpha value is -0.870. The number of likely N-dealkylation sites (tertiary alicyclic amines) is 1. The highest BCUT2D eigenvalue weighted by atomic mass is 32.1. The fraction of sp³-hybridized carbons (Fsp3) is 0.643. The van der Waals surface area contributed by atoms with Crippen molar-refractivity contribution in [2.45, 2.75) is 52.2 Å². The number of rotatable bonds is 5. The van der Waals surface area contributed by atoms with E-state index >= 15 is 0 Å². The minimum absolute atomic E-state index is 0.0237. The van der Waals surface area contributed by atoms with Gasteiger partial charge in [0.25, 0.3) is 0 Å². The Morgan fingerprint density at radius 1 is 1.44 bits per heavy atom. The van der Waals surface area contributed by atoms with Crippen LogP contribution in [-0.2, 0) is 17.8 Å². The lowest BCUT2D eigenvalue weighted by Gasteiger charge is -2.17. The molecule has 0 radical (unpaired) electrons. The summed E-state index contributed by atoms with van der Waals surface area (Å²) in [5, 5.41) is 3.34. The second-order valence-corrected chi connectivity index (χ2v) is 6.40. The molecule has 0 bridgehead atoms. The van der Waals surface area contributed by atoms with E-state index < -0.39 is 0 Å². The summed E-state index contributed by atoms with van der Waals surface area (Å²) in [6, 6.07) is 4.72. The molecule has 1 atom stereocenters. The van der Waals surface area contributed by atoms with Crippen molar-refractivity contribution in [1.82, 2.24) is 10.2 Å². The lowest BCUT2D eigenvalue weighted by atomic mass is 10.2. The molecule has 1 fully saturated rings. The Labute approximate surface area is 113 Å². The number of nitrogens with one attached hydrogen (secondary N) is 1. The van der Waals surface area contributed by atoms with E-state index in [1.165, 1.54) is 9.75 Å². The first-order chi connectivity index (χ1) is 8.60. The van der Waals surface area contributed by atoms with Crippen LogP contribution in [0.1, 0.15) is 36.9 Å². The lowest BCUT2D eigenvalue weighted by Crippen LogP contribution is -2.41. The SMILES string of the molecule is CCc1ccc(CN2CCC(NC(C)C)C2=O)s1. The van der Waals surface area contributed by atoms with Crippen LogP contribution in [0.5, 0.6) is 0 Å². The molecule has 1 amide bonds. The maximum Gasteiger partial charge on any atom is 0.240 e. The van der Waals surface area contributed by atoms with E-state index in [2.05, 4.69) is 38.2 Å². The van der Waals surface area contributed by atoms with E-state index in [-0.39, 0.29) is 11.9 Å². The Morgan fingerprint density at radius 2 is 2.17 bits per heavy atom. The molecular formula is C14H22N2OS. The summed E-state index contributed by atoms with van der Waals surface area (Å²) in [5.41, 5.74) is 0. The van der Waals surface area contributed by atoms with E-state index in [1.54, 1.807) is 0 Å². The van der Waals surface area contributed by atoms with Gasteiger partial charge in [-0.05, 0) is 25.0 Å². The smallest absolute Gasteiger partial charge is 0.240 e. The van der Waals surface area contributed by atoms with Crippen molar-refractivity contribution >= 4 is 17.2 Å². The van der Waals surface area contributed by atoms with Crippen molar-refractivity contribution in [3.63, 3.8) is 0 Å². The maximum absolute atomic E-state index is 12.2. The molecule has 0 saturated carbocycles. The number of nitrogens with zero attached hydrogens (tertiary/aromatic N) is 1. The number of aryl methyl sites for hydroxylation is 1. The van der Waals surface area contributed by atoms with Crippen LogP contribution in [0, 0.1) is 0 Å². The molecular weight excluding hydrogens is 244 g/mol. The Bertz CT molecular complexity index is 414. The van der Waals surface area contributed by atoms with Crippen LogP contribution in [0.3, 0.4) is 0 Å². The van der Waals surface area contributed by atoms with Crippen LogP contribution in [-0.4, -0.2) is 29.4 Å². The summed E-state index contributed by atoms with van der Waals surface area (Å²) in [7, 11) is 0. The van der Waals surface area contributed by atoms with E-state index in [0.717, 1.165) is 25.9 Å². The van der Waals surface area contributed by atoms with Crippen molar-refractivity contribution < 1.29 is 4.79 Å². The van der Waals surface area contributed by atoms with Gasteiger partial charge < -0.3 is 10.2 Å².